The number of methoxy groups -OCH3 is 1. The van der Waals surface area contributed by atoms with Gasteiger partial charge in [-0.25, -0.2) is 4.79 Å². The molecule has 2 aromatic carbocycles. The fourth-order valence-electron chi connectivity index (χ4n) is 4.53. The molecule has 0 saturated carbocycles. The van der Waals surface area contributed by atoms with Crippen LogP contribution in [-0.2, 0) is 35.1 Å². The molecule has 0 aromatic heterocycles. The number of esters is 2. The minimum absolute atomic E-state index is 0.0180. The zero-order valence-corrected chi connectivity index (χ0v) is 25.3. The molecule has 230 valence electrons. The highest BCUT2D eigenvalue weighted by molar-refractivity contribution is 5.93. The van der Waals surface area contributed by atoms with E-state index < -0.39 is 42.0 Å². The molecule has 43 heavy (non-hydrogen) atoms. The summed E-state index contributed by atoms with van der Waals surface area (Å²) >= 11 is 0. The third-order valence-corrected chi connectivity index (χ3v) is 6.97. The molecular formula is C34H42N2O7. The van der Waals surface area contributed by atoms with Gasteiger partial charge in [0.25, 0.3) is 0 Å². The molecule has 9 nitrogen and oxygen atoms in total. The van der Waals surface area contributed by atoms with E-state index in [1.54, 1.807) is 25.3 Å². The van der Waals surface area contributed by atoms with Gasteiger partial charge < -0.3 is 24.8 Å². The lowest BCUT2D eigenvalue weighted by Gasteiger charge is -2.25. The third-order valence-electron chi connectivity index (χ3n) is 6.97. The summed E-state index contributed by atoms with van der Waals surface area (Å²) < 4.78 is 16.7. The molecule has 2 aromatic rings. The Morgan fingerprint density at radius 3 is 2.37 bits per heavy atom. The molecule has 0 unspecified atom stereocenters. The van der Waals surface area contributed by atoms with E-state index in [4.69, 9.17) is 14.2 Å². The molecule has 3 rings (SSSR count). The van der Waals surface area contributed by atoms with Gasteiger partial charge in [-0.05, 0) is 41.7 Å². The van der Waals surface area contributed by atoms with E-state index in [0.717, 1.165) is 11.1 Å². The van der Waals surface area contributed by atoms with Gasteiger partial charge in [0.1, 0.15) is 17.9 Å². The van der Waals surface area contributed by atoms with Crippen LogP contribution >= 0.6 is 0 Å². The molecule has 0 radical (unpaired) electrons. The number of ether oxygens (including phenoxy) is 3. The van der Waals surface area contributed by atoms with Crippen LogP contribution in [0.2, 0.25) is 0 Å². The summed E-state index contributed by atoms with van der Waals surface area (Å²) in [7, 11) is 1.57. The molecule has 2 N–H and O–H groups in total. The first kappa shape index (κ1) is 33.1. The summed E-state index contributed by atoms with van der Waals surface area (Å²) in [6.45, 7) is 5.75. The van der Waals surface area contributed by atoms with Gasteiger partial charge in [-0.2, -0.15) is 0 Å². The van der Waals surface area contributed by atoms with Crippen molar-refractivity contribution in [3.63, 3.8) is 0 Å². The van der Waals surface area contributed by atoms with Crippen LogP contribution in [-0.4, -0.2) is 55.7 Å². The first-order chi connectivity index (χ1) is 20.6. The SMILES string of the molecule is COc1ccc(C[C@H]2NC(=O)/C=C/C[C@@H]([C@H](C)/C=C/c3ccccc3)OC(=O)[C@H](CC(C)C)OC(=O)CCNC2=O)cc1. The second-order valence-corrected chi connectivity index (χ2v) is 11.0. The van der Waals surface area contributed by atoms with Gasteiger partial charge in [0.2, 0.25) is 11.8 Å². The first-order valence-corrected chi connectivity index (χ1v) is 14.7. The monoisotopic (exact) mass is 590 g/mol. The summed E-state index contributed by atoms with van der Waals surface area (Å²) in [5.74, 6) is -1.65. The normalized spacial score (nSPS) is 22.3. The summed E-state index contributed by atoms with van der Waals surface area (Å²) in [5.41, 5.74) is 1.82. The molecule has 4 atom stereocenters. The summed E-state index contributed by atoms with van der Waals surface area (Å²) in [4.78, 5) is 51.9. The average Bonchev–Trinajstić information content (AvgIpc) is 2.98. The number of cyclic esters (lactones) is 2. The van der Waals surface area contributed by atoms with Crippen molar-refractivity contribution < 1.29 is 33.4 Å². The first-order valence-electron chi connectivity index (χ1n) is 14.7. The van der Waals surface area contributed by atoms with Crippen LogP contribution in [0.1, 0.15) is 51.2 Å². The van der Waals surface area contributed by atoms with E-state index in [1.807, 2.05) is 75.4 Å². The van der Waals surface area contributed by atoms with Gasteiger partial charge >= 0.3 is 11.9 Å². The van der Waals surface area contributed by atoms with Crippen molar-refractivity contribution in [3.8, 4) is 5.75 Å². The molecule has 0 aliphatic carbocycles. The maximum atomic E-state index is 13.2. The maximum Gasteiger partial charge on any atom is 0.347 e. The predicted molar refractivity (Wildman–Crippen MR) is 164 cm³/mol. The van der Waals surface area contributed by atoms with Gasteiger partial charge in [-0.3, -0.25) is 14.4 Å². The van der Waals surface area contributed by atoms with E-state index in [2.05, 4.69) is 10.6 Å². The summed E-state index contributed by atoms with van der Waals surface area (Å²) in [6, 6.07) is 16.1. The van der Waals surface area contributed by atoms with Crippen LogP contribution in [0.4, 0.5) is 0 Å². The fraction of sp³-hybridized carbons (Fsp3) is 0.412. The Labute approximate surface area is 253 Å². The second kappa shape index (κ2) is 16.9. The molecule has 1 aliphatic heterocycles. The number of amides is 2. The Morgan fingerprint density at radius 1 is 0.977 bits per heavy atom. The van der Waals surface area contributed by atoms with E-state index >= 15 is 0 Å². The van der Waals surface area contributed by atoms with E-state index in [-0.39, 0.29) is 37.6 Å². The molecule has 0 spiro atoms. The maximum absolute atomic E-state index is 13.2. The van der Waals surface area contributed by atoms with Gasteiger partial charge in [-0.15, -0.1) is 0 Å². The lowest BCUT2D eigenvalue weighted by molar-refractivity contribution is -0.173. The van der Waals surface area contributed by atoms with Gasteiger partial charge in [0.15, 0.2) is 6.10 Å². The average molecular weight is 591 g/mol. The molecular weight excluding hydrogens is 548 g/mol. The molecule has 0 fully saturated rings. The van der Waals surface area contributed by atoms with Crippen molar-refractivity contribution in [2.24, 2.45) is 11.8 Å². The summed E-state index contributed by atoms with van der Waals surface area (Å²) in [6.07, 6.45) is 5.76. The lowest BCUT2D eigenvalue weighted by atomic mass is 9.99. The Balaban J connectivity index is 1.84. The smallest absolute Gasteiger partial charge is 0.347 e. The minimum atomic E-state index is -1.08. The number of hydrogen-bond donors (Lipinski definition) is 2. The minimum Gasteiger partial charge on any atom is -0.497 e. The highest BCUT2D eigenvalue weighted by Gasteiger charge is 2.30. The van der Waals surface area contributed by atoms with Crippen LogP contribution in [0.5, 0.6) is 5.75 Å². The Morgan fingerprint density at radius 2 is 1.70 bits per heavy atom. The highest BCUT2D eigenvalue weighted by Crippen LogP contribution is 2.20. The van der Waals surface area contributed by atoms with E-state index in [1.165, 1.54) is 6.08 Å². The van der Waals surface area contributed by atoms with Crippen molar-refractivity contribution in [3.05, 3.63) is 84.0 Å². The largest absolute Gasteiger partial charge is 0.497 e. The fourth-order valence-corrected chi connectivity index (χ4v) is 4.53. The zero-order valence-electron chi connectivity index (χ0n) is 25.3. The number of nitrogens with one attached hydrogen (secondary N) is 2. The Kier molecular flexibility index (Phi) is 13.0. The molecule has 1 heterocycles. The van der Waals surface area contributed by atoms with E-state index in [0.29, 0.717) is 12.2 Å². The molecule has 0 saturated heterocycles. The van der Waals surface area contributed by atoms with Crippen molar-refractivity contribution in [1.82, 2.24) is 10.6 Å². The lowest BCUT2D eigenvalue weighted by Crippen LogP contribution is -2.48. The van der Waals surface area contributed by atoms with Crippen LogP contribution in [0, 0.1) is 11.8 Å². The quantitative estimate of drug-likeness (QED) is 0.437. The van der Waals surface area contributed by atoms with Crippen molar-refractivity contribution in [2.45, 2.75) is 64.7 Å². The topological polar surface area (TPSA) is 120 Å². The van der Waals surface area contributed by atoms with Crippen molar-refractivity contribution in [1.29, 1.82) is 0 Å². The number of carbonyl (C=O) groups excluding carboxylic acids is 4. The van der Waals surface area contributed by atoms with Gasteiger partial charge in [-0.1, -0.05) is 81.5 Å². The number of rotatable bonds is 8. The van der Waals surface area contributed by atoms with Crippen LogP contribution in [0.15, 0.2) is 72.8 Å². The van der Waals surface area contributed by atoms with Gasteiger partial charge in [0, 0.05) is 25.3 Å². The Hall–Kier alpha value is -4.40. The van der Waals surface area contributed by atoms with Crippen LogP contribution < -0.4 is 15.4 Å². The Bertz CT molecular complexity index is 1270. The second-order valence-electron chi connectivity index (χ2n) is 11.0. The van der Waals surface area contributed by atoms with Crippen LogP contribution in [0.25, 0.3) is 6.08 Å². The van der Waals surface area contributed by atoms with E-state index in [9.17, 15) is 19.2 Å². The van der Waals surface area contributed by atoms with Crippen LogP contribution in [0.3, 0.4) is 0 Å². The zero-order chi connectivity index (χ0) is 31.2. The number of hydrogen-bond acceptors (Lipinski definition) is 7. The van der Waals surface area contributed by atoms with Crippen molar-refractivity contribution in [2.75, 3.05) is 13.7 Å². The highest BCUT2D eigenvalue weighted by atomic mass is 16.6. The molecule has 9 heteroatoms. The third kappa shape index (κ3) is 11.4. The predicted octanol–water partition coefficient (Wildman–Crippen LogP) is 4.41. The number of carbonyl (C=O) groups is 4. The molecule has 2 amide bonds. The molecule has 1 aliphatic rings. The van der Waals surface area contributed by atoms with Gasteiger partial charge in [0.05, 0.1) is 13.5 Å². The van der Waals surface area contributed by atoms with Crippen molar-refractivity contribution >= 4 is 29.8 Å². The number of benzene rings is 2. The summed E-state index contributed by atoms with van der Waals surface area (Å²) in [5, 5.41) is 5.46. The standard InChI is InChI=1S/C34H42N2O7/c1-23(2)21-30-34(40)43-29(24(3)13-14-25-9-6-5-7-10-25)11-8-12-31(37)36-28(33(39)35-20-19-32(38)42-30)22-26-15-17-27(41-4)18-16-26/h5-10,12-18,23-24,28-30H,11,19-22H2,1-4H3,(H,35,39)(H,36,37)/b12-8+,14-13+/t24-,28-,29+,30+/m1/s1. The molecule has 0 bridgehead atoms.